The zero-order valence-corrected chi connectivity index (χ0v) is 22.8. The Bertz CT molecular complexity index is 1280. The first-order chi connectivity index (χ1) is 18.7. The summed E-state index contributed by atoms with van der Waals surface area (Å²) in [6, 6.07) is 20.5. The van der Waals surface area contributed by atoms with Gasteiger partial charge in [-0.2, -0.15) is 0 Å². The van der Waals surface area contributed by atoms with Gasteiger partial charge in [0.1, 0.15) is 11.8 Å². The first-order valence-corrected chi connectivity index (χ1v) is 12.8. The van der Waals surface area contributed by atoms with E-state index in [-0.39, 0.29) is 42.2 Å². The molecule has 0 aliphatic carbocycles. The smallest absolute Gasteiger partial charge is 0.311 e. The van der Waals surface area contributed by atoms with Crippen LogP contribution in [0.4, 0.5) is 5.69 Å². The van der Waals surface area contributed by atoms with Crippen LogP contribution in [-0.4, -0.2) is 47.9 Å². The standard InChI is InChI=1S/C30H35N3O6/c1-21(2)18-31-30(35)27(16-23-11-6-5-7-12-23)32(19-24-13-9-8-10-22(24)3)29(34)20-39-25-14-15-26(33(36)37)28(17-25)38-4/h5-15,17,21,27H,16,18-20H2,1-4H3,(H,31,35)/t27-/m0/s1. The second-order valence-corrected chi connectivity index (χ2v) is 9.67. The van der Waals surface area contributed by atoms with Crippen molar-refractivity contribution in [3.8, 4) is 11.5 Å². The summed E-state index contributed by atoms with van der Waals surface area (Å²) in [5, 5.41) is 14.2. The van der Waals surface area contributed by atoms with Gasteiger partial charge in [0.25, 0.3) is 5.91 Å². The van der Waals surface area contributed by atoms with E-state index in [9.17, 15) is 19.7 Å². The van der Waals surface area contributed by atoms with Crippen LogP contribution in [-0.2, 0) is 22.6 Å². The van der Waals surface area contributed by atoms with Gasteiger partial charge in [-0.25, -0.2) is 0 Å². The fourth-order valence-corrected chi connectivity index (χ4v) is 4.07. The zero-order valence-electron chi connectivity index (χ0n) is 22.8. The Labute approximate surface area is 228 Å². The van der Waals surface area contributed by atoms with E-state index in [1.807, 2.05) is 75.4 Å². The molecule has 9 heteroatoms. The van der Waals surface area contributed by atoms with Gasteiger partial charge in [0.2, 0.25) is 11.7 Å². The predicted molar refractivity (Wildman–Crippen MR) is 149 cm³/mol. The van der Waals surface area contributed by atoms with Gasteiger partial charge < -0.3 is 19.7 Å². The molecule has 3 rings (SSSR count). The first kappa shape index (κ1) is 29.2. The van der Waals surface area contributed by atoms with Crippen molar-refractivity contribution in [2.75, 3.05) is 20.3 Å². The average Bonchev–Trinajstić information content (AvgIpc) is 2.93. The second-order valence-electron chi connectivity index (χ2n) is 9.67. The molecular weight excluding hydrogens is 498 g/mol. The number of nitrogens with one attached hydrogen (secondary N) is 1. The van der Waals surface area contributed by atoms with Gasteiger partial charge in [0.15, 0.2) is 6.61 Å². The zero-order chi connectivity index (χ0) is 28.4. The number of hydrogen-bond donors (Lipinski definition) is 1. The van der Waals surface area contributed by atoms with Crippen molar-refractivity contribution >= 4 is 17.5 Å². The minimum absolute atomic E-state index is 0.0248. The van der Waals surface area contributed by atoms with Gasteiger partial charge in [-0.05, 0) is 35.6 Å². The molecule has 0 heterocycles. The highest BCUT2D eigenvalue weighted by molar-refractivity contribution is 5.88. The molecule has 0 spiro atoms. The lowest BCUT2D eigenvalue weighted by atomic mass is 10.0. The molecule has 0 fully saturated rings. The van der Waals surface area contributed by atoms with E-state index in [0.29, 0.717) is 13.0 Å². The van der Waals surface area contributed by atoms with Crippen LogP contribution in [0.25, 0.3) is 0 Å². The highest BCUT2D eigenvalue weighted by atomic mass is 16.6. The Morgan fingerprint density at radius 3 is 2.36 bits per heavy atom. The molecule has 9 nitrogen and oxygen atoms in total. The number of rotatable bonds is 13. The minimum Gasteiger partial charge on any atom is -0.490 e. The number of nitro benzene ring substituents is 1. The summed E-state index contributed by atoms with van der Waals surface area (Å²) >= 11 is 0. The van der Waals surface area contributed by atoms with Crippen molar-refractivity contribution in [1.29, 1.82) is 0 Å². The molecule has 1 atom stereocenters. The van der Waals surface area contributed by atoms with Crippen molar-refractivity contribution in [3.05, 3.63) is 99.6 Å². The Kier molecular flexibility index (Phi) is 10.4. The molecule has 3 aromatic rings. The number of hydrogen-bond acceptors (Lipinski definition) is 6. The number of carbonyl (C=O) groups excluding carboxylic acids is 2. The number of ether oxygens (including phenoxy) is 2. The summed E-state index contributed by atoms with van der Waals surface area (Å²) < 4.78 is 10.9. The molecule has 206 valence electrons. The lowest BCUT2D eigenvalue weighted by Gasteiger charge is -2.32. The molecule has 0 bridgehead atoms. The topological polar surface area (TPSA) is 111 Å². The van der Waals surface area contributed by atoms with Crippen LogP contribution in [0.2, 0.25) is 0 Å². The Morgan fingerprint density at radius 1 is 1.03 bits per heavy atom. The second kappa shape index (κ2) is 13.9. The van der Waals surface area contributed by atoms with Crippen LogP contribution in [0, 0.1) is 23.0 Å². The van der Waals surface area contributed by atoms with E-state index in [2.05, 4.69) is 5.32 Å². The number of nitrogens with zero attached hydrogens (tertiary/aromatic N) is 2. The van der Waals surface area contributed by atoms with Crippen LogP contribution in [0.15, 0.2) is 72.8 Å². The lowest BCUT2D eigenvalue weighted by molar-refractivity contribution is -0.385. The van der Waals surface area contributed by atoms with E-state index in [1.54, 1.807) is 4.90 Å². The fourth-order valence-electron chi connectivity index (χ4n) is 4.07. The molecule has 0 aliphatic rings. The number of carbonyl (C=O) groups is 2. The molecule has 0 saturated heterocycles. The highest BCUT2D eigenvalue weighted by Crippen LogP contribution is 2.31. The van der Waals surface area contributed by atoms with E-state index in [0.717, 1.165) is 16.7 Å². The SMILES string of the molecule is COc1cc(OCC(=O)N(Cc2ccccc2C)[C@@H](Cc2ccccc2)C(=O)NCC(C)C)ccc1[N+](=O)[O-]. The van der Waals surface area contributed by atoms with Gasteiger partial charge in [-0.15, -0.1) is 0 Å². The molecule has 0 aliphatic heterocycles. The molecule has 1 N–H and O–H groups in total. The van der Waals surface area contributed by atoms with Crippen molar-refractivity contribution < 1.29 is 24.0 Å². The highest BCUT2D eigenvalue weighted by Gasteiger charge is 2.31. The first-order valence-electron chi connectivity index (χ1n) is 12.8. The number of methoxy groups -OCH3 is 1. The third kappa shape index (κ3) is 8.29. The average molecular weight is 534 g/mol. The predicted octanol–water partition coefficient (Wildman–Crippen LogP) is 4.70. The maximum absolute atomic E-state index is 13.7. The number of amides is 2. The summed E-state index contributed by atoms with van der Waals surface area (Å²) in [7, 11) is 1.32. The Hall–Kier alpha value is -4.40. The third-order valence-electron chi connectivity index (χ3n) is 6.27. The van der Waals surface area contributed by atoms with Crippen LogP contribution >= 0.6 is 0 Å². The monoisotopic (exact) mass is 533 g/mol. The minimum atomic E-state index is -0.784. The van der Waals surface area contributed by atoms with Crippen LogP contribution in [0.1, 0.15) is 30.5 Å². The molecule has 0 aromatic heterocycles. The number of aryl methyl sites for hydroxylation is 1. The van der Waals surface area contributed by atoms with E-state index < -0.39 is 16.9 Å². The van der Waals surface area contributed by atoms with Gasteiger partial charge in [-0.1, -0.05) is 68.4 Å². The van der Waals surface area contributed by atoms with Crippen LogP contribution in [0.5, 0.6) is 11.5 Å². The Balaban J connectivity index is 1.92. The van der Waals surface area contributed by atoms with E-state index >= 15 is 0 Å². The maximum atomic E-state index is 13.7. The number of benzene rings is 3. The van der Waals surface area contributed by atoms with Crippen molar-refractivity contribution in [3.63, 3.8) is 0 Å². The summed E-state index contributed by atoms with van der Waals surface area (Å²) in [5.41, 5.74) is 2.63. The van der Waals surface area contributed by atoms with Gasteiger partial charge in [0.05, 0.1) is 12.0 Å². The molecule has 0 unspecified atom stereocenters. The Morgan fingerprint density at radius 2 is 1.72 bits per heavy atom. The molecule has 0 radical (unpaired) electrons. The van der Waals surface area contributed by atoms with Crippen LogP contribution in [0.3, 0.4) is 0 Å². The maximum Gasteiger partial charge on any atom is 0.311 e. The van der Waals surface area contributed by atoms with Gasteiger partial charge in [0, 0.05) is 31.6 Å². The van der Waals surface area contributed by atoms with Gasteiger partial charge >= 0.3 is 5.69 Å². The van der Waals surface area contributed by atoms with E-state index in [1.165, 1.54) is 25.3 Å². The number of nitro groups is 1. The van der Waals surface area contributed by atoms with Crippen molar-refractivity contribution in [2.45, 2.75) is 39.8 Å². The normalized spacial score (nSPS) is 11.5. The van der Waals surface area contributed by atoms with E-state index in [4.69, 9.17) is 9.47 Å². The van der Waals surface area contributed by atoms with Crippen molar-refractivity contribution in [1.82, 2.24) is 10.2 Å². The molecular formula is C30H35N3O6. The molecule has 39 heavy (non-hydrogen) atoms. The summed E-state index contributed by atoms with van der Waals surface area (Å²) in [6.45, 7) is 6.31. The summed E-state index contributed by atoms with van der Waals surface area (Å²) in [4.78, 5) is 39.4. The fraction of sp³-hybridized carbons (Fsp3) is 0.333. The third-order valence-corrected chi connectivity index (χ3v) is 6.27. The largest absolute Gasteiger partial charge is 0.490 e. The van der Waals surface area contributed by atoms with Crippen molar-refractivity contribution in [2.24, 2.45) is 5.92 Å². The summed E-state index contributed by atoms with van der Waals surface area (Å²) in [5.74, 6) is -0.128. The van der Waals surface area contributed by atoms with Crippen LogP contribution < -0.4 is 14.8 Å². The molecule has 3 aromatic carbocycles. The van der Waals surface area contributed by atoms with Gasteiger partial charge in [-0.3, -0.25) is 19.7 Å². The molecule has 0 saturated carbocycles. The summed E-state index contributed by atoms with van der Waals surface area (Å²) in [6.07, 6.45) is 0.327. The molecule has 2 amide bonds. The lowest BCUT2D eigenvalue weighted by Crippen LogP contribution is -2.52. The quantitative estimate of drug-likeness (QED) is 0.252.